The second kappa shape index (κ2) is 8.62. The number of amides is 2. The zero-order chi connectivity index (χ0) is 15.1. The lowest BCUT2D eigenvalue weighted by Crippen LogP contribution is -2.51. The van der Waals surface area contributed by atoms with Crippen molar-refractivity contribution in [2.75, 3.05) is 19.6 Å². The summed E-state index contributed by atoms with van der Waals surface area (Å²) in [5, 5.41) is 6.26. The number of piperidine rings is 1. The van der Waals surface area contributed by atoms with Crippen LogP contribution in [0.1, 0.15) is 65.2 Å². The Bertz CT molecular complexity index is 307. The van der Waals surface area contributed by atoms with Crippen molar-refractivity contribution in [3.63, 3.8) is 0 Å². The Labute approximate surface area is 130 Å². The van der Waals surface area contributed by atoms with Crippen molar-refractivity contribution in [1.29, 1.82) is 0 Å². The summed E-state index contributed by atoms with van der Waals surface area (Å²) >= 11 is 0. The van der Waals surface area contributed by atoms with Gasteiger partial charge < -0.3 is 10.6 Å². The largest absolute Gasteiger partial charge is 0.337 e. The number of carbonyl (C=O) groups is 1. The standard InChI is InChI=1S/C17H33N3O/c1-14(2)16(20-11-7-4-8-12-20)13-18-17(21)19-15-9-5-3-6-10-15/h14-16H,3-13H2,1-2H3,(H2,18,19,21). The van der Waals surface area contributed by atoms with Crippen molar-refractivity contribution in [2.24, 2.45) is 5.92 Å². The van der Waals surface area contributed by atoms with Crippen molar-refractivity contribution in [1.82, 2.24) is 15.5 Å². The third-order valence-corrected chi connectivity index (χ3v) is 5.04. The summed E-state index contributed by atoms with van der Waals surface area (Å²) in [4.78, 5) is 14.6. The van der Waals surface area contributed by atoms with Gasteiger partial charge in [-0.25, -0.2) is 4.79 Å². The van der Waals surface area contributed by atoms with Crippen LogP contribution in [0.3, 0.4) is 0 Å². The van der Waals surface area contributed by atoms with Gasteiger partial charge >= 0.3 is 6.03 Å². The maximum Gasteiger partial charge on any atom is 0.315 e. The zero-order valence-corrected chi connectivity index (χ0v) is 13.9. The number of urea groups is 1. The molecule has 0 spiro atoms. The van der Waals surface area contributed by atoms with E-state index < -0.39 is 0 Å². The molecule has 122 valence electrons. The summed E-state index contributed by atoms with van der Waals surface area (Å²) in [5.74, 6) is 0.582. The van der Waals surface area contributed by atoms with Gasteiger partial charge in [0, 0.05) is 18.6 Å². The van der Waals surface area contributed by atoms with Gasteiger partial charge in [0.25, 0.3) is 0 Å². The van der Waals surface area contributed by atoms with E-state index in [0.29, 0.717) is 18.0 Å². The predicted molar refractivity (Wildman–Crippen MR) is 87.5 cm³/mol. The molecule has 2 aliphatic rings. The molecule has 2 fully saturated rings. The van der Waals surface area contributed by atoms with Gasteiger partial charge in [-0.3, -0.25) is 4.90 Å². The molecular weight excluding hydrogens is 262 g/mol. The summed E-state index contributed by atoms with van der Waals surface area (Å²) < 4.78 is 0. The molecule has 21 heavy (non-hydrogen) atoms. The van der Waals surface area contributed by atoms with E-state index in [2.05, 4.69) is 29.4 Å². The second-order valence-electron chi connectivity index (χ2n) is 7.10. The van der Waals surface area contributed by atoms with Crippen molar-refractivity contribution in [2.45, 2.75) is 77.3 Å². The van der Waals surface area contributed by atoms with Gasteiger partial charge in [-0.2, -0.15) is 0 Å². The molecule has 0 aromatic rings. The van der Waals surface area contributed by atoms with E-state index in [1.165, 1.54) is 51.6 Å². The monoisotopic (exact) mass is 295 g/mol. The zero-order valence-electron chi connectivity index (χ0n) is 13.9. The number of rotatable bonds is 5. The fourth-order valence-corrected chi connectivity index (χ4v) is 3.72. The lowest BCUT2D eigenvalue weighted by Gasteiger charge is -2.37. The summed E-state index contributed by atoms with van der Waals surface area (Å²) in [6, 6.07) is 0.901. The molecule has 1 unspecified atom stereocenters. The van der Waals surface area contributed by atoms with Crippen LogP contribution in [0.4, 0.5) is 4.79 Å². The Hall–Kier alpha value is -0.770. The van der Waals surface area contributed by atoms with Gasteiger partial charge in [-0.1, -0.05) is 39.5 Å². The van der Waals surface area contributed by atoms with E-state index in [1.54, 1.807) is 0 Å². The average Bonchev–Trinajstić information content (AvgIpc) is 2.49. The van der Waals surface area contributed by atoms with E-state index in [4.69, 9.17) is 0 Å². The fourth-order valence-electron chi connectivity index (χ4n) is 3.72. The van der Waals surface area contributed by atoms with Crippen LogP contribution in [-0.4, -0.2) is 42.6 Å². The Morgan fingerprint density at radius 2 is 1.67 bits per heavy atom. The molecule has 0 bridgehead atoms. The Kier molecular flexibility index (Phi) is 6.81. The molecular formula is C17H33N3O. The van der Waals surface area contributed by atoms with Crippen LogP contribution >= 0.6 is 0 Å². The minimum atomic E-state index is 0.0320. The lowest BCUT2D eigenvalue weighted by atomic mass is 9.96. The average molecular weight is 295 g/mol. The highest BCUT2D eigenvalue weighted by molar-refractivity contribution is 5.74. The third kappa shape index (κ3) is 5.50. The number of nitrogens with zero attached hydrogens (tertiary/aromatic N) is 1. The molecule has 4 nitrogen and oxygen atoms in total. The molecule has 1 saturated heterocycles. The molecule has 0 radical (unpaired) electrons. The summed E-state index contributed by atoms with van der Waals surface area (Å²) in [5.41, 5.74) is 0. The number of nitrogens with one attached hydrogen (secondary N) is 2. The van der Waals surface area contributed by atoms with Gasteiger partial charge in [0.05, 0.1) is 0 Å². The van der Waals surface area contributed by atoms with Crippen molar-refractivity contribution in [3.05, 3.63) is 0 Å². The van der Waals surface area contributed by atoms with Crippen LogP contribution < -0.4 is 10.6 Å². The number of carbonyl (C=O) groups excluding carboxylic acids is 1. The summed E-state index contributed by atoms with van der Waals surface area (Å²) in [7, 11) is 0. The number of hydrogen-bond donors (Lipinski definition) is 2. The summed E-state index contributed by atoms with van der Waals surface area (Å²) in [6.45, 7) is 7.68. The van der Waals surface area contributed by atoms with E-state index in [1.807, 2.05) is 0 Å². The Balaban J connectivity index is 1.73. The lowest BCUT2D eigenvalue weighted by molar-refractivity contribution is 0.127. The maximum absolute atomic E-state index is 12.1. The predicted octanol–water partition coefficient (Wildman–Crippen LogP) is 3.13. The highest BCUT2D eigenvalue weighted by Crippen LogP contribution is 2.18. The molecule has 1 aliphatic carbocycles. The van der Waals surface area contributed by atoms with Gasteiger partial charge in [0.1, 0.15) is 0 Å². The van der Waals surface area contributed by atoms with Crippen LogP contribution in [0, 0.1) is 5.92 Å². The third-order valence-electron chi connectivity index (χ3n) is 5.04. The smallest absolute Gasteiger partial charge is 0.315 e. The molecule has 2 N–H and O–H groups in total. The van der Waals surface area contributed by atoms with Crippen molar-refractivity contribution in [3.8, 4) is 0 Å². The van der Waals surface area contributed by atoms with Gasteiger partial charge in [-0.15, -0.1) is 0 Å². The maximum atomic E-state index is 12.1. The topological polar surface area (TPSA) is 44.4 Å². The molecule has 1 aliphatic heterocycles. The highest BCUT2D eigenvalue weighted by Gasteiger charge is 2.24. The molecule has 4 heteroatoms. The summed E-state index contributed by atoms with van der Waals surface area (Å²) in [6.07, 6.45) is 10.1. The van der Waals surface area contributed by atoms with Crippen LogP contribution in [0.5, 0.6) is 0 Å². The normalized spacial score (nSPS) is 23.0. The minimum absolute atomic E-state index is 0.0320. The fraction of sp³-hybridized carbons (Fsp3) is 0.941. The molecule has 1 saturated carbocycles. The van der Waals surface area contributed by atoms with Crippen LogP contribution in [0.25, 0.3) is 0 Å². The Morgan fingerprint density at radius 1 is 1.05 bits per heavy atom. The van der Waals surface area contributed by atoms with Gasteiger partial charge in [-0.05, 0) is 44.7 Å². The number of likely N-dealkylation sites (tertiary alicyclic amines) is 1. The first-order chi connectivity index (χ1) is 10.2. The van der Waals surface area contributed by atoms with Crippen molar-refractivity contribution < 1.29 is 4.79 Å². The molecule has 1 atom stereocenters. The molecule has 0 aromatic heterocycles. The minimum Gasteiger partial charge on any atom is -0.337 e. The van der Waals surface area contributed by atoms with Crippen LogP contribution in [0.2, 0.25) is 0 Å². The first-order valence-electron chi connectivity index (χ1n) is 8.95. The first kappa shape index (κ1) is 16.6. The molecule has 2 amide bonds. The quantitative estimate of drug-likeness (QED) is 0.818. The Morgan fingerprint density at radius 3 is 2.29 bits per heavy atom. The van der Waals surface area contributed by atoms with E-state index in [9.17, 15) is 4.79 Å². The number of hydrogen-bond acceptors (Lipinski definition) is 2. The molecule has 0 aromatic carbocycles. The first-order valence-corrected chi connectivity index (χ1v) is 8.95. The second-order valence-corrected chi connectivity index (χ2v) is 7.10. The van der Waals surface area contributed by atoms with Crippen LogP contribution in [0.15, 0.2) is 0 Å². The van der Waals surface area contributed by atoms with E-state index in [0.717, 1.165) is 19.4 Å². The van der Waals surface area contributed by atoms with Crippen molar-refractivity contribution >= 4 is 6.03 Å². The van der Waals surface area contributed by atoms with E-state index >= 15 is 0 Å². The van der Waals surface area contributed by atoms with Gasteiger partial charge in [0.15, 0.2) is 0 Å². The molecule has 1 heterocycles. The van der Waals surface area contributed by atoms with Gasteiger partial charge in [0.2, 0.25) is 0 Å². The highest BCUT2D eigenvalue weighted by atomic mass is 16.2. The van der Waals surface area contributed by atoms with Crippen LogP contribution in [-0.2, 0) is 0 Å². The van der Waals surface area contributed by atoms with E-state index in [-0.39, 0.29) is 6.03 Å². The SMILES string of the molecule is CC(C)C(CNC(=O)NC1CCCCC1)N1CCCCC1. The molecule has 2 rings (SSSR count).